The molecule has 0 spiro atoms. The van der Waals surface area contributed by atoms with Crippen LogP contribution in [0, 0.1) is 6.92 Å². The zero-order chi connectivity index (χ0) is 12.8. The molecule has 2 bridgehead atoms. The Morgan fingerprint density at radius 3 is 3.11 bits per heavy atom. The summed E-state index contributed by atoms with van der Waals surface area (Å²) in [7, 11) is 1.64. The Balaban J connectivity index is 2.10. The van der Waals surface area contributed by atoms with Crippen molar-refractivity contribution in [2.45, 2.75) is 45.1 Å². The first-order chi connectivity index (χ1) is 8.79. The van der Waals surface area contributed by atoms with E-state index >= 15 is 0 Å². The van der Waals surface area contributed by atoms with E-state index in [-0.39, 0.29) is 6.10 Å². The fraction of sp³-hybridized carbons (Fsp3) is 0.600. The first-order valence-corrected chi connectivity index (χ1v) is 6.65. The van der Waals surface area contributed by atoms with Crippen LogP contribution in [0.15, 0.2) is 22.6 Å². The van der Waals surface area contributed by atoms with Crippen molar-refractivity contribution in [1.29, 1.82) is 0 Å². The van der Waals surface area contributed by atoms with Gasteiger partial charge in [-0.15, -0.1) is 0 Å². The highest BCUT2D eigenvalue weighted by Crippen LogP contribution is 2.20. The molecule has 1 aromatic heterocycles. The van der Waals surface area contributed by atoms with Crippen molar-refractivity contribution in [2.75, 3.05) is 13.9 Å². The summed E-state index contributed by atoms with van der Waals surface area (Å²) in [6.45, 7) is 2.44. The van der Waals surface area contributed by atoms with Crippen molar-refractivity contribution in [2.24, 2.45) is 0 Å². The van der Waals surface area contributed by atoms with Gasteiger partial charge >= 0.3 is 0 Å². The highest BCUT2D eigenvalue weighted by molar-refractivity contribution is 5.21. The second kappa shape index (κ2) is 6.76. The van der Waals surface area contributed by atoms with E-state index in [1.165, 1.54) is 18.4 Å². The molecule has 1 aromatic rings. The number of allylic oxidation sites excluding steroid dienone is 1. The Morgan fingerprint density at radius 1 is 1.39 bits per heavy atom. The lowest BCUT2D eigenvalue weighted by molar-refractivity contribution is -0.0561. The van der Waals surface area contributed by atoms with Crippen LogP contribution in [0.2, 0.25) is 0 Å². The summed E-state index contributed by atoms with van der Waals surface area (Å²) in [5.74, 6) is 2.15. The van der Waals surface area contributed by atoms with Gasteiger partial charge in [0, 0.05) is 20.0 Å². The SMILES string of the molecule is COCOC1/C=C\CCCCc2oc(cc2C)C1. The average Bonchev–Trinajstić information content (AvgIpc) is 2.67. The van der Waals surface area contributed by atoms with Crippen LogP contribution in [0.1, 0.15) is 36.3 Å². The van der Waals surface area contributed by atoms with E-state index < -0.39 is 0 Å². The predicted octanol–water partition coefficient (Wildman–Crippen LogP) is 3.40. The largest absolute Gasteiger partial charge is 0.466 e. The van der Waals surface area contributed by atoms with Gasteiger partial charge in [0.1, 0.15) is 18.3 Å². The molecule has 0 aliphatic carbocycles. The summed E-state index contributed by atoms with van der Waals surface area (Å²) < 4.78 is 16.5. The summed E-state index contributed by atoms with van der Waals surface area (Å²) in [6, 6.07) is 2.13. The molecule has 1 unspecified atom stereocenters. The molecule has 0 N–H and O–H groups in total. The highest BCUT2D eigenvalue weighted by atomic mass is 16.7. The van der Waals surface area contributed by atoms with E-state index in [2.05, 4.69) is 25.1 Å². The summed E-state index contributed by atoms with van der Waals surface area (Å²) in [5.41, 5.74) is 1.26. The van der Waals surface area contributed by atoms with E-state index in [0.717, 1.165) is 30.8 Å². The maximum atomic E-state index is 5.90. The van der Waals surface area contributed by atoms with Crippen LogP contribution in [-0.4, -0.2) is 20.0 Å². The Kier molecular flexibility index (Phi) is 5.02. The molecule has 100 valence electrons. The van der Waals surface area contributed by atoms with Gasteiger partial charge in [-0.3, -0.25) is 0 Å². The van der Waals surface area contributed by atoms with Crippen molar-refractivity contribution in [3.8, 4) is 0 Å². The minimum absolute atomic E-state index is 0.0430. The maximum Gasteiger partial charge on any atom is 0.147 e. The molecule has 3 heteroatoms. The van der Waals surface area contributed by atoms with Crippen molar-refractivity contribution in [3.05, 3.63) is 35.3 Å². The zero-order valence-corrected chi connectivity index (χ0v) is 11.3. The number of furan rings is 1. The van der Waals surface area contributed by atoms with Gasteiger partial charge in [0.25, 0.3) is 0 Å². The number of methoxy groups -OCH3 is 1. The van der Waals surface area contributed by atoms with E-state index in [9.17, 15) is 0 Å². The van der Waals surface area contributed by atoms with Crippen molar-refractivity contribution in [3.63, 3.8) is 0 Å². The number of fused-ring (bicyclic) bond motifs is 2. The Bertz CT molecular complexity index is 392. The Morgan fingerprint density at radius 2 is 2.28 bits per heavy atom. The summed E-state index contributed by atoms with van der Waals surface area (Å²) >= 11 is 0. The standard InChI is InChI=1S/C15H22O3/c1-12-9-14-10-13(17-11-16-2)7-5-3-4-6-8-15(12)18-14/h5,7,9,13H,3-4,6,8,10-11H2,1-2H3/b7-5-. The molecule has 0 aromatic carbocycles. The van der Waals surface area contributed by atoms with Crippen molar-refractivity contribution < 1.29 is 13.9 Å². The van der Waals surface area contributed by atoms with Gasteiger partial charge < -0.3 is 13.9 Å². The van der Waals surface area contributed by atoms with Gasteiger partial charge in [0.2, 0.25) is 0 Å². The molecule has 2 heterocycles. The Hall–Kier alpha value is -1.06. The normalized spacial score (nSPS) is 22.4. The molecule has 0 fully saturated rings. The molecule has 0 saturated heterocycles. The lowest BCUT2D eigenvalue weighted by Crippen LogP contribution is -2.14. The second-order valence-electron chi connectivity index (χ2n) is 4.81. The monoisotopic (exact) mass is 250 g/mol. The van der Waals surface area contributed by atoms with Gasteiger partial charge in [-0.25, -0.2) is 0 Å². The molecular weight excluding hydrogens is 228 g/mol. The van der Waals surface area contributed by atoms with Gasteiger partial charge in [-0.1, -0.05) is 12.2 Å². The van der Waals surface area contributed by atoms with Crippen LogP contribution in [0.3, 0.4) is 0 Å². The van der Waals surface area contributed by atoms with E-state index in [1.54, 1.807) is 7.11 Å². The smallest absolute Gasteiger partial charge is 0.147 e. The first kappa shape index (κ1) is 13.4. The molecule has 1 atom stereocenters. The third-order valence-electron chi connectivity index (χ3n) is 3.25. The third-order valence-corrected chi connectivity index (χ3v) is 3.25. The molecule has 3 nitrogen and oxygen atoms in total. The topological polar surface area (TPSA) is 31.6 Å². The van der Waals surface area contributed by atoms with E-state index in [0.29, 0.717) is 6.79 Å². The van der Waals surface area contributed by atoms with Gasteiger partial charge in [-0.2, -0.15) is 0 Å². The molecule has 2 rings (SSSR count). The van der Waals surface area contributed by atoms with Crippen LogP contribution < -0.4 is 0 Å². The lowest BCUT2D eigenvalue weighted by Gasteiger charge is -2.12. The number of ether oxygens (including phenoxy) is 2. The van der Waals surface area contributed by atoms with E-state index in [4.69, 9.17) is 13.9 Å². The second-order valence-corrected chi connectivity index (χ2v) is 4.81. The summed E-state index contributed by atoms with van der Waals surface area (Å²) in [5, 5.41) is 0. The molecular formula is C15H22O3. The lowest BCUT2D eigenvalue weighted by atomic mass is 10.1. The summed E-state index contributed by atoms with van der Waals surface area (Å²) in [4.78, 5) is 0. The molecule has 0 saturated carbocycles. The number of hydrogen-bond acceptors (Lipinski definition) is 3. The van der Waals surface area contributed by atoms with Gasteiger partial charge in [0.15, 0.2) is 0 Å². The minimum atomic E-state index is 0.0430. The van der Waals surface area contributed by atoms with Crippen LogP contribution >= 0.6 is 0 Å². The van der Waals surface area contributed by atoms with Gasteiger partial charge in [0.05, 0.1) is 6.10 Å². The van der Waals surface area contributed by atoms with Crippen LogP contribution in [0.4, 0.5) is 0 Å². The average molecular weight is 250 g/mol. The van der Waals surface area contributed by atoms with Crippen molar-refractivity contribution >= 4 is 0 Å². The highest BCUT2D eigenvalue weighted by Gasteiger charge is 2.13. The maximum absolute atomic E-state index is 5.90. The number of rotatable bonds is 3. The van der Waals surface area contributed by atoms with Crippen molar-refractivity contribution in [1.82, 2.24) is 0 Å². The number of aryl methyl sites for hydroxylation is 2. The first-order valence-electron chi connectivity index (χ1n) is 6.65. The van der Waals surface area contributed by atoms with E-state index in [1.807, 2.05) is 0 Å². The van der Waals surface area contributed by atoms with Gasteiger partial charge in [-0.05, 0) is 37.8 Å². The molecule has 0 amide bonds. The van der Waals surface area contributed by atoms with Crippen LogP contribution in [0.5, 0.6) is 0 Å². The quantitative estimate of drug-likeness (QED) is 0.608. The number of hydrogen-bond donors (Lipinski definition) is 0. The molecule has 18 heavy (non-hydrogen) atoms. The third kappa shape index (κ3) is 3.72. The molecule has 1 aliphatic heterocycles. The predicted molar refractivity (Wildman–Crippen MR) is 70.6 cm³/mol. The minimum Gasteiger partial charge on any atom is -0.466 e. The van der Waals surface area contributed by atoms with Crippen LogP contribution in [-0.2, 0) is 22.3 Å². The molecule has 1 aliphatic rings. The fourth-order valence-electron chi connectivity index (χ4n) is 2.27. The molecule has 0 radical (unpaired) electrons. The Labute approximate surface area is 109 Å². The fourth-order valence-corrected chi connectivity index (χ4v) is 2.27. The zero-order valence-electron chi connectivity index (χ0n) is 11.3. The summed E-state index contributed by atoms with van der Waals surface area (Å²) in [6.07, 6.45) is 9.69. The van der Waals surface area contributed by atoms with Crippen LogP contribution in [0.25, 0.3) is 0 Å².